The number of carbonyl (C=O) groups excluding carboxylic acids is 1. The molecule has 0 aliphatic heterocycles. The second kappa shape index (κ2) is 8.36. The van der Waals surface area contributed by atoms with Crippen LogP contribution in [0, 0.1) is 0 Å². The standard InChI is InChI=1S/C16H26N2O4/c1-16(2,3)22-15(19)18-8-6-7-17-12-9-13(20-4)11-14(10-12)21-5/h9-11,17H,6-8H2,1-5H3,(H,18,19). The SMILES string of the molecule is COc1cc(NCCCNC(=O)OC(C)(C)C)cc(OC)c1. The average Bonchev–Trinajstić information content (AvgIpc) is 2.44. The van der Waals surface area contributed by atoms with E-state index in [4.69, 9.17) is 14.2 Å². The molecule has 124 valence electrons. The van der Waals surface area contributed by atoms with Gasteiger partial charge in [-0.15, -0.1) is 0 Å². The van der Waals surface area contributed by atoms with Crippen molar-refractivity contribution in [3.8, 4) is 11.5 Å². The van der Waals surface area contributed by atoms with Gasteiger partial charge in [-0.1, -0.05) is 0 Å². The van der Waals surface area contributed by atoms with Crippen molar-refractivity contribution in [2.24, 2.45) is 0 Å². The molecule has 0 aliphatic carbocycles. The molecule has 1 amide bonds. The summed E-state index contributed by atoms with van der Waals surface area (Å²) in [5, 5.41) is 5.98. The summed E-state index contributed by atoms with van der Waals surface area (Å²) in [5.74, 6) is 1.46. The molecule has 0 aromatic heterocycles. The molecule has 0 spiro atoms. The van der Waals surface area contributed by atoms with Crippen molar-refractivity contribution in [2.75, 3.05) is 32.6 Å². The Kier molecular flexibility index (Phi) is 6.82. The largest absolute Gasteiger partial charge is 0.497 e. The molecule has 2 N–H and O–H groups in total. The number of amides is 1. The lowest BCUT2D eigenvalue weighted by Crippen LogP contribution is -2.33. The second-order valence-corrected chi connectivity index (χ2v) is 5.81. The summed E-state index contributed by atoms with van der Waals surface area (Å²) < 4.78 is 15.6. The van der Waals surface area contributed by atoms with Crippen molar-refractivity contribution in [1.82, 2.24) is 5.32 Å². The van der Waals surface area contributed by atoms with Gasteiger partial charge < -0.3 is 24.8 Å². The fourth-order valence-electron chi connectivity index (χ4n) is 1.74. The number of ether oxygens (including phenoxy) is 3. The van der Waals surface area contributed by atoms with E-state index in [0.717, 1.165) is 23.6 Å². The molecule has 6 nitrogen and oxygen atoms in total. The predicted molar refractivity (Wildman–Crippen MR) is 86.9 cm³/mol. The van der Waals surface area contributed by atoms with Gasteiger partial charge in [0.1, 0.15) is 17.1 Å². The van der Waals surface area contributed by atoms with E-state index in [1.807, 2.05) is 39.0 Å². The van der Waals surface area contributed by atoms with Crippen LogP contribution in [0.5, 0.6) is 11.5 Å². The van der Waals surface area contributed by atoms with Gasteiger partial charge in [-0.25, -0.2) is 4.79 Å². The van der Waals surface area contributed by atoms with Crippen molar-refractivity contribution in [3.63, 3.8) is 0 Å². The molecule has 0 saturated heterocycles. The molecule has 1 rings (SSSR count). The highest BCUT2D eigenvalue weighted by Crippen LogP contribution is 2.25. The lowest BCUT2D eigenvalue weighted by atomic mass is 10.2. The summed E-state index contributed by atoms with van der Waals surface area (Å²) in [6.45, 7) is 6.77. The van der Waals surface area contributed by atoms with Crippen LogP contribution < -0.4 is 20.1 Å². The molecule has 0 fully saturated rings. The molecule has 1 aromatic rings. The number of rotatable bonds is 7. The quantitative estimate of drug-likeness (QED) is 0.758. The van der Waals surface area contributed by atoms with Gasteiger partial charge in [-0.05, 0) is 27.2 Å². The molecule has 0 saturated carbocycles. The number of benzene rings is 1. The maximum Gasteiger partial charge on any atom is 0.407 e. The highest BCUT2D eigenvalue weighted by Gasteiger charge is 2.15. The smallest absolute Gasteiger partial charge is 0.407 e. The molecule has 0 atom stereocenters. The summed E-state index contributed by atoms with van der Waals surface area (Å²) in [7, 11) is 3.23. The average molecular weight is 310 g/mol. The van der Waals surface area contributed by atoms with Gasteiger partial charge in [0.05, 0.1) is 14.2 Å². The van der Waals surface area contributed by atoms with Crippen LogP contribution in [-0.4, -0.2) is 39.0 Å². The van der Waals surface area contributed by atoms with Gasteiger partial charge in [-0.2, -0.15) is 0 Å². The first-order valence-electron chi connectivity index (χ1n) is 7.28. The summed E-state index contributed by atoms with van der Waals surface area (Å²) in [6.07, 6.45) is 0.384. The van der Waals surface area contributed by atoms with Crippen LogP contribution in [0.1, 0.15) is 27.2 Å². The van der Waals surface area contributed by atoms with Gasteiger partial charge in [-0.3, -0.25) is 0 Å². The van der Waals surface area contributed by atoms with Gasteiger partial charge in [0, 0.05) is 37.0 Å². The molecule has 6 heteroatoms. The van der Waals surface area contributed by atoms with E-state index in [-0.39, 0.29) is 0 Å². The number of carbonyl (C=O) groups is 1. The highest BCUT2D eigenvalue weighted by molar-refractivity contribution is 5.67. The van der Waals surface area contributed by atoms with Crippen molar-refractivity contribution < 1.29 is 19.0 Å². The minimum Gasteiger partial charge on any atom is -0.497 e. The van der Waals surface area contributed by atoms with E-state index in [2.05, 4.69) is 10.6 Å². The first-order valence-corrected chi connectivity index (χ1v) is 7.28. The Balaban J connectivity index is 2.31. The lowest BCUT2D eigenvalue weighted by molar-refractivity contribution is 0.0528. The maximum atomic E-state index is 11.5. The number of hydrogen-bond acceptors (Lipinski definition) is 5. The molecular formula is C16H26N2O4. The van der Waals surface area contributed by atoms with E-state index >= 15 is 0 Å². The molecule has 0 radical (unpaired) electrons. The fraction of sp³-hybridized carbons (Fsp3) is 0.562. The van der Waals surface area contributed by atoms with E-state index in [1.165, 1.54) is 0 Å². The Morgan fingerprint density at radius 1 is 1.05 bits per heavy atom. The summed E-state index contributed by atoms with van der Waals surface area (Å²) in [6, 6.07) is 5.60. The summed E-state index contributed by atoms with van der Waals surface area (Å²) in [4.78, 5) is 11.5. The molecule has 1 aromatic carbocycles. The highest BCUT2D eigenvalue weighted by atomic mass is 16.6. The third kappa shape index (κ3) is 7.06. The van der Waals surface area contributed by atoms with E-state index in [9.17, 15) is 4.79 Å². The van der Waals surface area contributed by atoms with Crippen LogP contribution >= 0.6 is 0 Å². The Bertz CT molecular complexity index is 461. The number of methoxy groups -OCH3 is 2. The van der Waals surface area contributed by atoms with Crippen molar-refractivity contribution in [3.05, 3.63) is 18.2 Å². The van der Waals surface area contributed by atoms with Gasteiger partial charge >= 0.3 is 6.09 Å². The molecule has 0 aliphatic rings. The summed E-state index contributed by atoms with van der Waals surface area (Å²) in [5.41, 5.74) is 0.438. The number of alkyl carbamates (subject to hydrolysis) is 1. The third-order valence-corrected chi connectivity index (χ3v) is 2.70. The van der Waals surface area contributed by atoms with Crippen LogP contribution in [0.25, 0.3) is 0 Å². The summed E-state index contributed by atoms with van der Waals surface area (Å²) >= 11 is 0. The van der Waals surface area contributed by atoms with Crippen LogP contribution in [0.4, 0.5) is 10.5 Å². The van der Waals surface area contributed by atoms with E-state index in [1.54, 1.807) is 14.2 Å². The Morgan fingerprint density at radius 3 is 2.14 bits per heavy atom. The van der Waals surface area contributed by atoms with Crippen molar-refractivity contribution >= 4 is 11.8 Å². The lowest BCUT2D eigenvalue weighted by Gasteiger charge is -2.19. The number of anilines is 1. The second-order valence-electron chi connectivity index (χ2n) is 5.81. The zero-order valence-electron chi connectivity index (χ0n) is 14.0. The zero-order chi connectivity index (χ0) is 16.6. The normalized spacial score (nSPS) is 10.8. The molecule has 0 bridgehead atoms. The third-order valence-electron chi connectivity index (χ3n) is 2.70. The van der Waals surface area contributed by atoms with Crippen molar-refractivity contribution in [1.29, 1.82) is 0 Å². The topological polar surface area (TPSA) is 68.8 Å². The Morgan fingerprint density at radius 2 is 1.64 bits per heavy atom. The monoisotopic (exact) mass is 310 g/mol. The predicted octanol–water partition coefficient (Wildman–Crippen LogP) is 3.03. The van der Waals surface area contributed by atoms with Gasteiger partial charge in [0.15, 0.2) is 0 Å². The minimum absolute atomic E-state index is 0.393. The van der Waals surface area contributed by atoms with Crippen LogP contribution in [0.15, 0.2) is 18.2 Å². The first kappa shape index (κ1) is 17.9. The molecule has 22 heavy (non-hydrogen) atoms. The molecule has 0 unspecified atom stereocenters. The van der Waals surface area contributed by atoms with Crippen molar-refractivity contribution in [2.45, 2.75) is 32.8 Å². The van der Waals surface area contributed by atoms with E-state index < -0.39 is 11.7 Å². The Labute approximate surface area is 132 Å². The number of nitrogens with one attached hydrogen (secondary N) is 2. The maximum absolute atomic E-state index is 11.5. The van der Waals surface area contributed by atoms with Gasteiger partial charge in [0.2, 0.25) is 0 Å². The zero-order valence-corrected chi connectivity index (χ0v) is 14.0. The van der Waals surface area contributed by atoms with Gasteiger partial charge in [0.25, 0.3) is 0 Å². The molecular weight excluding hydrogens is 284 g/mol. The molecule has 0 heterocycles. The first-order chi connectivity index (χ1) is 10.3. The Hall–Kier alpha value is -2.11. The fourth-order valence-corrected chi connectivity index (χ4v) is 1.74. The van der Waals surface area contributed by atoms with Crippen LogP contribution in [0.2, 0.25) is 0 Å². The number of hydrogen-bond donors (Lipinski definition) is 2. The van der Waals surface area contributed by atoms with E-state index in [0.29, 0.717) is 13.1 Å². The van der Waals surface area contributed by atoms with Crippen LogP contribution in [0.3, 0.4) is 0 Å². The minimum atomic E-state index is -0.473. The van der Waals surface area contributed by atoms with Crippen LogP contribution in [-0.2, 0) is 4.74 Å².